The highest BCUT2D eigenvalue weighted by Crippen LogP contribution is 2.44. The summed E-state index contributed by atoms with van der Waals surface area (Å²) in [6, 6.07) is 9.21. The summed E-state index contributed by atoms with van der Waals surface area (Å²) in [7, 11) is 0. The van der Waals surface area contributed by atoms with Gasteiger partial charge in [-0.05, 0) is 70.0 Å². The van der Waals surface area contributed by atoms with Gasteiger partial charge in [-0.25, -0.2) is 0 Å². The number of rotatable bonds is 7. The first-order valence-electron chi connectivity index (χ1n) is 9.71. The lowest BCUT2D eigenvalue weighted by atomic mass is 9.90. The van der Waals surface area contributed by atoms with E-state index in [0.29, 0.717) is 24.3 Å². The van der Waals surface area contributed by atoms with Crippen LogP contribution in [0.1, 0.15) is 62.5 Å². The van der Waals surface area contributed by atoms with Crippen molar-refractivity contribution < 1.29 is 4.79 Å². The number of benzene rings is 1. The Hall–Kier alpha value is -1.35. The molecule has 1 heterocycles. The monoisotopic (exact) mass is 328 g/mol. The Balaban J connectivity index is 1.49. The molecule has 1 aliphatic carbocycles. The van der Waals surface area contributed by atoms with Crippen molar-refractivity contribution in [2.24, 2.45) is 5.92 Å². The first kappa shape index (κ1) is 17.5. The Morgan fingerprint density at radius 2 is 1.83 bits per heavy atom. The molecule has 1 aromatic carbocycles. The van der Waals surface area contributed by atoms with E-state index in [1.807, 2.05) is 0 Å². The summed E-state index contributed by atoms with van der Waals surface area (Å²) in [5.41, 5.74) is 2.62. The minimum absolute atomic E-state index is 0.219. The van der Waals surface area contributed by atoms with E-state index in [-0.39, 0.29) is 5.91 Å². The Labute approximate surface area is 146 Å². The quantitative estimate of drug-likeness (QED) is 0.824. The van der Waals surface area contributed by atoms with Crippen LogP contribution in [0.25, 0.3) is 0 Å². The van der Waals surface area contributed by atoms with Gasteiger partial charge in [-0.2, -0.15) is 0 Å². The standard InChI is InChI=1S/C21H32N2O/c1-16-6-8-18(9-7-16)20(19-10-11-19)14-21(24)22-15-17(2)23-12-4-3-5-13-23/h6-9,17,19-20H,3-5,10-15H2,1-2H3,(H,22,24). The van der Waals surface area contributed by atoms with E-state index in [1.54, 1.807) is 0 Å². The van der Waals surface area contributed by atoms with E-state index < -0.39 is 0 Å². The number of amides is 1. The number of carbonyl (C=O) groups excluding carboxylic acids is 1. The topological polar surface area (TPSA) is 32.3 Å². The average Bonchev–Trinajstić information content (AvgIpc) is 3.44. The van der Waals surface area contributed by atoms with Gasteiger partial charge in [-0.15, -0.1) is 0 Å². The van der Waals surface area contributed by atoms with Crippen molar-refractivity contribution >= 4 is 5.91 Å². The van der Waals surface area contributed by atoms with Gasteiger partial charge in [-0.1, -0.05) is 36.2 Å². The highest BCUT2D eigenvalue weighted by Gasteiger charge is 2.33. The highest BCUT2D eigenvalue weighted by atomic mass is 16.1. The zero-order chi connectivity index (χ0) is 16.9. The third-order valence-corrected chi connectivity index (χ3v) is 5.71. The number of piperidine rings is 1. The SMILES string of the molecule is Cc1ccc(C(CC(=O)NCC(C)N2CCCCC2)C2CC2)cc1. The Morgan fingerprint density at radius 1 is 1.17 bits per heavy atom. The van der Waals surface area contributed by atoms with Gasteiger partial charge in [0.1, 0.15) is 0 Å². The molecule has 3 heteroatoms. The summed E-state index contributed by atoms with van der Waals surface area (Å²) in [4.78, 5) is 15.0. The van der Waals surface area contributed by atoms with Crippen molar-refractivity contribution in [1.29, 1.82) is 0 Å². The molecule has 3 nitrogen and oxygen atoms in total. The van der Waals surface area contributed by atoms with Crippen molar-refractivity contribution in [2.45, 2.75) is 64.3 Å². The fourth-order valence-corrected chi connectivity index (χ4v) is 3.89. The predicted molar refractivity (Wildman–Crippen MR) is 99.2 cm³/mol. The molecule has 1 aliphatic heterocycles. The minimum Gasteiger partial charge on any atom is -0.355 e. The van der Waals surface area contributed by atoms with Crippen LogP contribution in [0.4, 0.5) is 0 Å². The third kappa shape index (κ3) is 4.83. The molecule has 2 atom stereocenters. The zero-order valence-electron chi connectivity index (χ0n) is 15.3. The van der Waals surface area contributed by atoms with Crippen LogP contribution in [0.2, 0.25) is 0 Å². The van der Waals surface area contributed by atoms with Crippen LogP contribution >= 0.6 is 0 Å². The number of carbonyl (C=O) groups is 1. The van der Waals surface area contributed by atoms with Crippen molar-refractivity contribution in [2.75, 3.05) is 19.6 Å². The summed E-state index contributed by atoms with van der Waals surface area (Å²) in [5.74, 6) is 1.32. The van der Waals surface area contributed by atoms with E-state index >= 15 is 0 Å². The van der Waals surface area contributed by atoms with Crippen molar-refractivity contribution in [3.8, 4) is 0 Å². The number of nitrogens with zero attached hydrogens (tertiary/aromatic N) is 1. The van der Waals surface area contributed by atoms with Crippen molar-refractivity contribution in [1.82, 2.24) is 10.2 Å². The molecule has 1 saturated heterocycles. The first-order valence-corrected chi connectivity index (χ1v) is 9.71. The molecular formula is C21H32N2O. The van der Waals surface area contributed by atoms with Crippen LogP contribution in [0.15, 0.2) is 24.3 Å². The molecule has 24 heavy (non-hydrogen) atoms. The largest absolute Gasteiger partial charge is 0.355 e. The van der Waals surface area contributed by atoms with Gasteiger partial charge in [-0.3, -0.25) is 9.69 Å². The van der Waals surface area contributed by atoms with E-state index in [2.05, 4.69) is 48.3 Å². The molecule has 1 N–H and O–H groups in total. The number of nitrogens with one attached hydrogen (secondary N) is 1. The molecule has 2 aliphatic rings. The number of aryl methyl sites for hydroxylation is 1. The van der Waals surface area contributed by atoms with Crippen LogP contribution in [0.3, 0.4) is 0 Å². The summed E-state index contributed by atoms with van der Waals surface area (Å²) in [6.07, 6.45) is 7.15. The van der Waals surface area contributed by atoms with Gasteiger partial charge < -0.3 is 5.32 Å². The maximum atomic E-state index is 12.5. The summed E-state index contributed by atoms with van der Waals surface area (Å²) >= 11 is 0. The number of hydrogen-bond acceptors (Lipinski definition) is 2. The maximum absolute atomic E-state index is 12.5. The van der Waals surface area contributed by atoms with E-state index in [1.165, 1.54) is 56.3 Å². The molecule has 1 aromatic rings. The Morgan fingerprint density at radius 3 is 2.46 bits per heavy atom. The summed E-state index contributed by atoms with van der Waals surface area (Å²) in [5, 5.41) is 3.19. The maximum Gasteiger partial charge on any atom is 0.220 e. The zero-order valence-corrected chi connectivity index (χ0v) is 15.3. The third-order valence-electron chi connectivity index (χ3n) is 5.71. The molecule has 2 unspecified atom stereocenters. The second kappa shape index (κ2) is 8.15. The van der Waals surface area contributed by atoms with Gasteiger partial charge in [0.15, 0.2) is 0 Å². The molecule has 132 valence electrons. The Bertz CT molecular complexity index is 529. The lowest BCUT2D eigenvalue weighted by molar-refractivity contribution is -0.121. The molecule has 1 saturated carbocycles. The predicted octanol–water partition coefficient (Wildman–Crippen LogP) is 3.87. The van der Waals surface area contributed by atoms with Crippen LogP contribution in [0, 0.1) is 12.8 Å². The molecule has 1 amide bonds. The fraction of sp³-hybridized carbons (Fsp3) is 0.667. The average molecular weight is 329 g/mol. The number of hydrogen-bond donors (Lipinski definition) is 1. The highest BCUT2D eigenvalue weighted by molar-refractivity contribution is 5.77. The van der Waals surface area contributed by atoms with Crippen LogP contribution in [0.5, 0.6) is 0 Å². The minimum atomic E-state index is 0.219. The van der Waals surface area contributed by atoms with E-state index in [9.17, 15) is 4.79 Å². The molecule has 0 spiro atoms. The second-order valence-electron chi connectivity index (χ2n) is 7.81. The molecule has 2 fully saturated rings. The lowest BCUT2D eigenvalue weighted by Gasteiger charge is -2.32. The van der Waals surface area contributed by atoms with Gasteiger partial charge in [0.05, 0.1) is 0 Å². The van der Waals surface area contributed by atoms with Crippen LogP contribution < -0.4 is 5.32 Å². The molecule has 0 bridgehead atoms. The molecule has 0 radical (unpaired) electrons. The Kier molecular flexibility index (Phi) is 5.94. The summed E-state index contributed by atoms with van der Waals surface area (Å²) < 4.78 is 0. The van der Waals surface area contributed by atoms with E-state index in [4.69, 9.17) is 0 Å². The smallest absolute Gasteiger partial charge is 0.220 e. The first-order chi connectivity index (χ1) is 11.6. The fourth-order valence-electron chi connectivity index (χ4n) is 3.89. The molecule has 0 aromatic heterocycles. The molecule has 3 rings (SSSR count). The normalized spacial score (nSPS) is 21.2. The van der Waals surface area contributed by atoms with Crippen molar-refractivity contribution in [3.05, 3.63) is 35.4 Å². The lowest BCUT2D eigenvalue weighted by Crippen LogP contribution is -2.44. The van der Waals surface area contributed by atoms with Gasteiger partial charge in [0.2, 0.25) is 5.91 Å². The van der Waals surface area contributed by atoms with Crippen molar-refractivity contribution in [3.63, 3.8) is 0 Å². The number of likely N-dealkylation sites (tertiary alicyclic amines) is 1. The van der Waals surface area contributed by atoms with Crippen LogP contribution in [-0.4, -0.2) is 36.5 Å². The second-order valence-corrected chi connectivity index (χ2v) is 7.81. The van der Waals surface area contributed by atoms with Gasteiger partial charge >= 0.3 is 0 Å². The van der Waals surface area contributed by atoms with Gasteiger partial charge in [0.25, 0.3) is 0 Å². The van der Waals surface area contributed by atoms with E-state index in [0.717, 1.165) is 6.54 Å². The molecular weight excluding hydrogens is 296 g/mol. The van der Waals surface area contributed by atoms with Gasteiger partial charge in [0, 0.05) is 19.0 Å². The summed E-state index contributed by atoms with van der Waals surface area (Å²) in [6.45, 7) is 7.51. The van der Waals surface area contributed by atoms with Crippen LogP contribution in [-0.2, 0) is 4.79 Å².